The molecule has 0 spiro atoms. The molecular weight excluding hydrogens is 467 g/mol. The van der Waals surface area contributed by atoms with E-state index >= 15 is 0 Å². The number of hydrogen-bond donors (Lipinski definition) is 1. The molecule has 2 heterocycles. The van der Waals surface area contributed by atoms with Gasteiger partial charge in [-0.15, -0.1) is 0 Å². The first kappa shape index (κ1) is 21.1. The van der Waals surface area contributed by atoms with Crippen LogP contribution in [0.5, 0.6) is 5.75 Å². The predicted octanol–water partition coefficient (Wildman–Crippen LogP) is 7.01. The van der Waals surface area contributed by atoms with Crippen LogP contribution < -0.4 is 15.0 Å². The first-order valence-corrected chi connectivity index (χ1v) is 12.2. The van der Waals surface area contributed by atoms with Crippen LogP contribution in [0.15, 0.2) is 36.4 Å². The molecule has 1 N–H and O–H groups in total. The number of thiocarbonyl (C=S) groups is 1. The molecule has 4 rings (SSSR count). The molecule has 0 bridgehead atoms. The predicted molar refractivity (Wildman–Crippen MR) is 129 cm³/mol. The summed E-state index contributed by atoms with van der Waals surface area (Å²) in [6, 6.07) is 10.6. The summed E-state index contributed by atoms with van der Waals surface area (Å²) in [6.45, 7) is 4.15. The minimum absolute atomic E-state index is 0.0779. The Morgan fingerprint density at radius 1 is 1.21 bits per heavy atom. The van der Waals surface area contributed by atoms with Crippen molar-refractivity contribution < 1.29 is 9.53 Å². The van der Waals surface area contributed by atoms with Gasteiger partial charge in [-0.1, -0.05) is 46.2 Å². The van der Waals surface area contributed by atoms with Gasteiger partial charge in [0.15, 0.2) is 0 Å². The van der Waals surface area contributed by atoms with Gasteiger partial charge in [0.05, 0.1) is 37.8 Å². The monoisotopic (exact) mass is 484 g/mol. The van der Waals surface area contributed by atoms with Crippen LogP contribution in [0, 0.1) is 0 Å². The SMILES string of the molecule is COc1ccc2c(c1)C1C(=S)SSC1C(C)(C)N2C(=O)Nc1ccc(Cl)c(Cl)c1. The fourth-order valence-corrected chi connectivity index (χ4v) is 8.15. The van der Waals surface area contributed by atoms with Crippen molar-refractivity contribution in [2.45, 2.75) is 30.6 Å². The second-order valence-electron chi connectivity index (χ2n) is 7.37. The molecule has 0 aromatic heterocycles. The zero-order valence-corrected chi connectivity index (χ0v) is 19.8. The molecule has 1 fully saturated rings. The summed E-state index contributed by atoms with van der Waals surface area (Å²) in [7, 11) is 4.98. The lowest BCUT2D eigenvalue weighted by Gasteiger charge is -2.48. The van der Waals surface area contributed by atoms with E-state index in [0.29, 0.717) is 15.7 Å². The summed E-state index contributed by atoms with van der Waals surface area (Å²) in [4.78, 5) is 15.2. The van der Waals surface area contributed by atoms with Crippen molar-refractivity contribution >= 4 is 78.6 Å². The number of carbonyl (C=O) groups excluding carboxylic acids is 1. The summed E-state index contributed by atoms with van der Waals surface area (Å²) in [6.07, 6.45) is 0. The summed E-state index contributed by atoms with van der Waals surface area (Å²) in [5, 5.41) is 3.91. The van der Waals surface area contributed by atoms with E-state index in [9.17, 15) is 4.79 Å². The molecule has 2 atom stereocenters. The van der Waals surface area contributed by atoms with Crippen molar-refractivity contribution in [2.24, 2.45) is 0 Å². The fraction of sp³-hybridized carbons (Fsp3) is 0.300. The molecule has 2 unspecified atom stereocenters. The second-order valence-corrected chi connectivity index (χ2v) is 11.3. The lowest BCUT2D eigenvalue weighted by atomic mass is 9.79. The van der Waals surface area contributed by atoms with E-state index in [4.69, 9.17) is 40.2 Å². The smallest absolute Gasteiger partial charge is 0.326 e. The van der Waals surface area contributed by atoms with Gasteiger partial charge >= 0.3 is 6.03 Å². The van der Waals surface area contributed by atoms with Crippen LogP contribution >= 0.6 is 57.0 Å². The van der Waals surface area contributed by atoms with Crippen LogP contribution in [0.1, 0.15) is 25.3 Å². The van der Waals surface area contributed by atoms with E-state index in [1.165, 1.54) is 0 Å². The number of methoxy groups -OCH3 is 1. The molecule has 29 heavy (non-hydrogen) atoms. The van der Waals surface area contributed by atoms with Gasteiger partial charge in [0.2, 0.25) is 0 Å². The zero-order valence-electron chi connectivity index (χ0n) is 15.9. The van der Waals surface area contributed by atoms with E-state index in [1.54, 1.807) is 46.9 Å². The number of fused-ring (bicyclic) bond motifs is 3. The summed E-state index contributed by atoms with van der Waals surface area (Å²) >= 11 is 17.8. The standard InChI is InChI=1S/C20H18Cl2N2O2S3/c1-20(2)17-16(18(27)29-28-17)12-9-11(26-3)5-7-15(12)24(20)19(25)23-10-4-6-13(21)14(22)8-10/h4-9,16-17H,1-3H3,(H,23,25). The number of anilines is 2. The van der Waals surface area contributed by atoms with Crippen LogP contribution in [0.2, 0.25) is 10.0 Å². The Bertz CT molecular complexity index is 1020. The maximum Gasteiger partial charge on any atom is 0.326 e. The normalized spacial score (nSPS) is 22.1. The van der Waals surface area contributed by atoms with E-state index in [2.05, 4.69) is 19.2 Å². The minimum Gasteiger partial charge on any atom is -0.497 e. The van der Waals surface area contributed by atoms with Gasteiger partial charge < -0.3 is 10.1 Å². The summed E-state index contributed by atoms with van der Waals surface area (Å²) < 4.78 is 6.37. The van der Waals surface area contributed by atoms with Crippen LogP contribution in [-0.2, 0) is 0 Å². The quantitative estimate of drug-likeness (QED) is 0.366. The Labute approximate surface area is 193 Å². The highest BCUT2D eigenvalue weighted by Gasteiger charge is 2.54. The molecule has 1 saturated heterocycles. The third-order valence-electron chi connectivity index (χ3n) is 5.25. The van der Waals surface area contributed by atoms with Crippen molar-refractivity contribution in [2.75, 3.05) is 17.3 Å². The highest BCUT2D eigenvalue weighted by molar-refractivity contribution is 8.84. The van der Waals surface area contributed by atoms with E-state index in [0.717, 1.165) is 21.2 Å². The molecule has 4 nitrogen and oxygen atoms in total. The first-order valence-electron chi connectivity index (χ1n) is 8.85. The molecule has 2 amide bonds. The highest BCUT2D eigenvalue weighted by atomic mass is 35.5. The van der Waals surface area contributed by atoms with Crippen LogP contribution in [0.4, 0.5) is 16.2 Å². The fourth-order valence-electron chi connectivity index (χ4n) is 3.82. The maximum atomic E-state index is 13.4. The van der Waals surface area contributed by atoms with Crippen molar-refractivity contribution in [3.63, 3.8) is 0 Å². The number of carbonyl (C=O) groups is 1. The first-order chi connectivity index (χ1) is 13.7. The number of nitrogens with one attached hydrogen (secondary N) is 1. The van der Waals surface area contributed by atoms with Gasteiger partial charge in [-0.05, 0) is 66.6 Å². The van der Waals surface area contributed by atoms with E-state index < -0.39 is 5.54 Å². The van der Waals surface area contributed by atoms with Crippen molar-refractivity contribution in [3.8, 4) is 5.75 Å². The number of ether oxygens (including phenoxy) is 1. The highest BCUT2D eigenvalue weighted by Crippen LogP contribution is 2.59. The largest absolute Gasteiger partial charge is 0.497 e. The number of rotatable bonds is 2. The van der Waals surface area contributed by atoms with Crippen molar-refractivity contribution in [3.05, 3.63) is 52.0 Å². The topological polar surface area (TPSA) is 41.6 Å². The Kier molecular flexibility index (Phi) is 5.72. The molecule has 0 radical (unpaired) electrons. The molecular formula is C20H18Cl2N2O2S3. The van der Waals surface area contributed by atoms with Gasteiger partial charge in [-0.2, -0.15) is 0 Å². The van der Waals surface area contributed by atoms with Gasteiger partial charge in [0.1, 0.15) is 5.75 Å². The number of nitrogens with zero attached hydrogens (tertiary/aromatic N) is 1. The molecule has 9 heteroatoms. The lowest BCUT2D eigenvalue weighted by molar-refractivity contribution is 0.249. The average molecular weight is 485 g/mol. The third kappa shape index (κ3) is 3.61. The number of benzene rings is 2. The molecule has 2 aromatic carbocycles. The number of urea groups is 1. The van der Waals surface area contributed by atoms with Crippen LogP contribution in [0.3, 0.4) is 0 Å². The number of amides is 2. The molecule has 152 valence electrons. The molecule has 2 aromatic rings. The second kappa shape index (κ2) is 7.85. The molecule has 0 saturated carbocycles. The molecule has 2 aliphatic heterocycles. The van der Waals surface area contributed by atoms with Crippen LogP contribution in [-0.4, -0.2) is 28.1 Å². The third-order valence-corrected chi connectivity index (χ3v) is 9.83. The number of halogens is 2. The number of hydrogen-bond acceptors (Lipinski definition) is 5. The van der Waals surface area contributed by atoms with Gasteiger partial charge in [-0.3, -0.25) is 4.90 Å². The van der Waals surface area contributed by atoms with E-state index in [1.807, 2.05) is 23.1 Å². The van der Waals surface area contributed by atoms with Crippen molar-refractivity contribution in [1.82, 2.24) is 0 Å². The zero-order chi connectivity index (χ0) is 20.9. The Morgan fingerprint density at radius 2 is 1.97 bits per heavy atom. The molecule has 2 aliphatic rings. The van der Waals surface area contributed by atoms with Crippen LogP contribution in [0.25, 0.3) is 0 Å². The summed E-state index contributed by atoms with van der Waals surface area (Å²) in [5.41, 5.74) is 1.96. The van der Waals surface area contributed by atoms with Gasteiger partial charge in [0.25, 0.3) is 0 Å². The average Bonchev–Trinajstić information content (AvgIpc) is 3.07. The van der Waals surface area contributed by atoms with Gasteiger partial charge in [0, 0.05) is 11.6 Å². The minimum atomic E-state index is -0.467. The lowest BCUT2D eigenvalue weighted by Crippen LogP contribution is -2.59. The maximum absolute atomic E-state index is 13.4. The van der Waals surface area contributed by atoms with E-state index in [-0.39, 0.29) is 17.2 Å². The Balaban J connectivity index is 1.78. The van der Waals surface area contributed by atoms with Crippen molar-refractivity contribution in [1.29, 1.82) is 0 Å². The Morgan fingerprint density at radius 3 is 2.66 bits per heavy atom. The van der Waals surface area contributed by atoms with Gasteiger partial charge in [-0.25, -0.2) is 4.79 Å². The Hall–Kier alpha value is -1.12. The molecule has 0 aliphatic carbocycles. The summed E-state index contributed by atoms with van der Waals surface area (Å²) in [5.74, 6) is 0.825.